The molecular formula is C22H24Cl2N3O2+. The maximum atomic E-state index is 6.22. The molecule has 0 saturated heterocycles. The Bertz CT molecular complexity index is 1220. The first-order chi connectivity index (χ1) is 14.1. The van der Waals surface area contributed by atoms with E-state index in [1.165, 1.54) is 0 Å². The van der Waals surface area contributed by atoms with Crippen molar-refractivity contribution in [1.29, 1.82) is 0 Å². The SMILES string of the molecule is CCCCn1/c(=N\c2oc3ccc(Cl)cc3[n+]2CCCC)oc2ccc(Cl)cc21. The summed E-state index contributed by atoms with van der Waals surface area (Å²) >= 11 is 12.4. The van der Waals surface area contributed by atoms with E-state index in [2.05, 4.69) is 23.0 Å². The summed E-state index contributed by atoms with van der Waals surface area (Å²) in [6, 6.07) is 11.7. The number of hydrogen-bond acceptors (Lipinski definition) is 3. The summed E-state index contributed by atoms with van der Waals surface area (Å²) in [5.74, 6) is 0. The van der Waals surface area contributed by atoms with Crippen LogP contribution in [0.15, 0.2) is 50.2 Å². The van der Waals surface area contributed by atoms with E-state index in [0.717, 1.165) is 61.0 Å². The largest absolute Gasteiger partial charge is 0.509 e. The fourth-order valence-electron chi connectivity index (χ4n) is 3.40. The van der Waals surface area contributed by atoms with Crippen molar-refractivity contribution < 1.29 is 13.4 Å². The summed E-state index contributed by atoms with van der Waals surface area (Å²) in [5, 5.41) is 1.35. The highest BCUT2D eigenvalue weighted by Gasteiger charge is 2.23. The summed E-state index contributed by atoms with van der Waals surface area (Å²) in [7, 11) is 0. The average Bonchev–Trinajstić information content (AvgIpc) is 3.21. The van der Waals surface area contributed by atoms with Crippen LogP contribution >= 0.6 is 23.2 Å². The first kappa shape index (κ1) is 20.0. The van der Waals surface area contributed by atoms with Gasteiger partial charge in [-0.3, -0.25) is 4.57 Å². The monoisotopic (exact) mass is 432 g/mol. The number of nitrogens with zero attached hydrogens (tertiary/aromatic N) is 3. The lowest BCUT2D eigenvalue weighted by Crippen LogP contribution is -2.33. The molecule has 29 heavy (non-hydrogen) atoms. The summed E-state index contributed by atoms with van der Waals surface area (Å²) in [6.07, 6.45) is 4.17. The van der Waals surface area contributed by atoms with Gasteiger partial charge in [-0.1, -0.05) is 49.9 Å². The average molecular weight is 433 g/mol. The van der Waals surface area contributed by atoms with Crippen molar-refractivity contribution in [3.63, 3.8) is 0 Å². The molecule has 5 nitrogen and oxygen atoms in total. The van der Waals surface area contributed by atoms with Gasteiger partial charge in [0.15, 0.2) is 16.7 Å². The van der Waals surface area contributed by atoms with Crippen LogP contribution in [-0.2, 0) is 13.1 Å². The van der Waals surface area contributed by atoms with Gasteiger partial charge in [0.25, 0.3) is 0 Å². The molecule has 0 amide bonds. The van der Waals surface area contributed by atoms with Crippen molar-refractivity contribution in [2.24, 2.45) is 4.99 Å². The normalized spacial score (nSPS) is 12.5. The number of fused-ring (bicyclic) bond motifs is 2. The standard InChI is InChI=1S/C22H24Cl2N3O2/c1-3-5-11-26-17-13-15(23)7-9-19(17)28-21(26)25-22-27(12-6-4-2)18-14-16(24)8-10-20(18)29-22/h7-10,13-14H,3-6,11-12H2,1-2H3/q+1. The van der Waals surface area contributed by atoms with Crippen LogP contribution < -0.4 is 10.3 Å². The van der Waals surface area contributed by atoms with Crippen LogP contribution in [0.4, 0.5) is 6.01 Å². The van der Waals surface area contributed by atoms with Crippen molar-refractivity contribution in [3.8, 4) is 0 Å². The molecule has 0 aliphatic heterocycles. The minimum absolute atomic E-state index is 0.506. The number of hydrogen-bond donors (Lipinski definition) is 0. The molecule has 0 aliphatic carbocycles. The van der Waals surface area contributed by atoms with E-state index in [1.807, 2.05) is 36.4 Å². The van der Waals surface area contributed by atoms with Gasteiger partial charge in [-0.25, -0.2) is 0 Å². The topological polar surface area (TPSA) is 47.5 Å². The van der Waals surface area contributed by atoms with Crippen LogP contribution in [0.2, 0.25) is 10.0 Å². The van der Waals surface area contributed by atoms with Crippen molar-refractivity contribution in [1.82, 2.24) is 4.57 Å². The highest BCUT2D eigenvalue weighted by molar-refractivity contribution is 6.31. The Labute approximate surface area is 179 Å². The minimum Gasteiger partial charge on any atom is -0.404 e. The molecule has 0 unspecified atom stereocenters. The third-order valence-electron chi connectivity index (χ3n) is 4.95. The second-order valence-corrected chi connectivity index (χ2v) is 7.99. The van der Waals surface area contributed by atoms with Crippen molar-refractivity contribution in [2.75, 3.05) is 0 Å². The number of unbranched alkanes of at least 4 members (excludes halogenated alkanes) is 2. The highest BCUT2D eigenvalue weighted by Crippen LogP contribution is 2.24. The molecule has 2 heterocycles. The quantitative estimate of drug-likeness (QED) is 0.316. The number of rotatable bonds is 7. The fourth-order valence-corrected chi connectivity index (χ4v) is 3.73. The fraction of sp³-hybridized carbons (Fsp3) is 0.364. The van der Waals surface area contributed by atoms with E-state index >= 15 is 0 Å². The molecule has 2 aromatic carbocycles. The maximum Gasteiger partial charge on any atom is 0.509 e. The number of aromatic nitrogens is 2. The van der Waals surface area contributed by atoms with Gasteiger partial charge >= 0.3 is 11.7 Å². The summed E-state index contributed by atoms with van der Waals surface area (Å²) in [6.45, 7) is 5.91. The van der Waals surface area contributed by atoms with Crippen LogP contribution in [0.25, 0.3) is 22.2 Å². The Hall–Kier alpha value is -2.24. The third kappa shape index (κ3) is 4.07. The third-order valence-corrected chi connectivity index (χ3v) is 5.42. The zero-order valence-corrected chi connectivity index (χ0v) is 18.1. The van der Waals surface area contributed by atoms with Crippen molar-refractivity contribution in [2.45, 2.75) is 52.6 Å². The maximum absolute atomic E-state index is 6.22. The van der Waals surface area contributed by atoms with E-state index < -0.39 is 0 Å². The van der Waals surface area contributed by atoms with Gasteiger partial charge in [0.05, 0.1) is 17.1 Å². The molecule has 0 aliphatic rings. The molecule has 7 heteroatoms. The van der Waals surface area contributed by atoms with Gasteiger partial charge in [-0.2, -0.15) is 4.57 Å². The van der Waals surface area contributed by atoms with Crippen molar-refractivity contribution in [3.05, 3.63) is 52.1 Å². The van der Waals surface area contributed by atoms with Crippen LogP contribution in [0.1, 0.15) is 39.5 Å². The van der Waals surface area contributed by atoms with Gasteiger partial charge in [0, 0.05) is 22.7 Å². The zero-order chi connectivity index (χ0) is 20.4. The molecule has 0 bridgehead atoms. The van der Waals surface area contributed by atoms with E-state index in [0.29, 0.717) is 21.7 Å². The van der Waals surface area contributed by atoms with E-state index in [-0.39, 0.29) is 0 Å². The predicted octanol–water partition coefficient (Wildman–Crippen LogP) is 6.41. The van der Waals surface area contributed by atoms with E-state index in [1.54, 1.807) is 0 Å². The number of benzene rings is 2. The van der Waals surface area contributed by atoms with Crippen LogP contribution in [0.5, 0.6) is 0 Å². The first-order valence-electron chi connectivity index (χ1n) is 10.1. The molecule has 0 spiro atoms. The smallest absolute Gasteiger partial charge is 0.404 e. The summed E-state index contributed by atoms with van der Waals surface area (Å²) < 4.78 is 16.3. The predicted molar refractivity (Wildman–Crippen MR) is 116 cm³/mol. The first-order valence-corrected chi connectivity index (χ1v) is 10.8. The number of aryl methyl sites for hydroxylation is 2. The van der Waals surface area contributed by atoms with Crippen LogP contribution in [-0.4, -0.2) is 4.57 Å². The Kier molecular flexibility index (Phi) is 5.97. The molecule has 4 rings (SSSR count). The molecule has 0 fully saturated rings. The van der Waals surface area contributed by atoms with Gasteiger partial charge < -0.3 is 8.83 Å². The minimum atomic E-state index is 0.506. The number of oxazole rings is 2. The molecular weight excluding hydrogens is 409 g/mol. The molecule has 0 radical (unpaired) electrons. The van der Waals surface area contributed by atoms with Gasteiger partial charge in [0.2, 0.25) is 0 Å². The Morgan fingerprint density at radius 3 is 2.41 bits per heavy atom. The van der Waals surface area contributed by atoms with Crippen LogP contribution in [0.3, 0.4) is 0 Å². The molecule has 0 atom stereocenters. The Morgan fingerprint density at radius 1 is 0.931 bits per heavy atom. The van der Waals surface area contributed by atoms with Gasteiger partial charge in [0.1, 0.15) is 0 Å². The molecule has 0 N–H and O–H groups in total. The van der Waals surface area contributed by atoms with E-state index in [4.69, 9.17) is 37.0 Å². The lowest BCUT2D eigenvalue weighted by atomic mass is 10.3. The summed E-state index contributed by atoms with van der Waals surface area (Å²) in [5.41, 5.74) is 3.88. The zero-order valence-electron chi connectivity index (χ0n) is 16.6. The number of halogens is 2. The molecule has 0 saturated carbocycles. The second kappa shape index (κ2) is 8.64. The molecule has 152 valence electrons. The molecule has 4 aromatic rings. The summed E-state index contributed by atoms with van der Waals surface area (Å²) in [4.78, 5) is 4.79. The van der Waals surface area contributed by atoms with Crippen molar-refractivity contribution >= 4 is 51.4 Å². The second-order valence-electron chi connectivity index (χ2n) is 7.12. The molecule has 2 aromatic heterocycles. The highest BCUT2D eigenvalue weighted by atomic mass is 35.5. The van der Waals surface area contributed by atoms with Gasteiger partial charge in [-0.15, -0.1) is 0 Å². The Morgan fingerprint density at radius 2 is 1.66 bits per heavy atom. The lowest BCUT2D eigenvalue weighted by Gasteiger charge is -2.00. The van der Waals surface area contributed by atoms with E-state index in [9.17, 15) is 0 Å². The lowest BCUT2D eigenvalue weighted by molar-refractivity contribution is -0.662. The van der Waals surface area contributed by atoms with Crippen LogP contribution in [0, 0.1) is 0 Å². The van der Waals surface area contributed by atoms with Gasteiger partial charge in [-0.05, 0) is 43.2 Å². The Balaban J connectivity index is 1.93.